The standard InChI is InChI=1S/C22H30BrN5O/c1-16(2)18-7-4-5-8-20(18)26-22-25-15-19(23)21(27-22)24-10-6-11-28-12-14-29-13-9-17(28)3/h4-5,7-8,15-16H,3,6,9-14H2,1-2H3,(H2,24,25,26,27). The molecule has 0 unspecified atom stereocenters. The average Bonchev–Trinajstić information content (AvgIpc) is 2.92. The number of rotatable bonds is 8. The van der Waals surface area contributed by atoms with Crippen LogP contribution in [0.25, 0.3) is 0 Å². The molecule has 2 aromatic rings. The minimum atomic E-state index is 0.422. The zero-order valence-electron chi connectivity index (χ0n) is 17.2. The number of ether oxygens (including phenoxy) is 1. The molecule has 1 aromatic heterocycles. The van der Waals surface area contributed by atoms with Crippen LogP contribution in [0.5, 0.6) is 0 Å². The molecule has 1 aliphatic rings. The molecule has 0 saturated carbocycles. The summed E-state index contributed by atoms with van der Waals surface area (Å²) in [6, 6.07) is 8.27. The second kappa shape index (κ2) is 10.6. The molecular formula is C22H30BrN5O. The van der Waals surface area contributed by atoms with Crippen molar-refractivity contribution in [3.05, 3.63) is 52.8 Å². The van der Waals surface area contributed by atoms with Crippen LogP contribution in [0.4, 0.5) is 17.5 Å². The van der Waals surface area contributed by atoms with Gasteiger partial charge in [0.2, 0.25) is 5.95 Å². The van der Waals surface area contributed by atoms with Gasteiger partial charge in [0.05, 0.1) is 17.7 Å². The fourth-order valence-corrected chi connectivity index (χ4v) is 3.65. The van der Waals surface area contributed by atoms with E-state index in [1.807, 2.05) is 6.07 Å². The maximum Gasteiger partial charge on any atom is 0.229 e. The zero-order valence-corrected chi connectivity index (χ0v) is 18.8. The van der Waals surface area contributed by atoms with Gasteiger partial charge in [0.1, 0.15) is 5.82 Å². The van der Waals surface area contributed by atoms with E-state index in [0.29, 0.717) is 11.9 Å². The maximum atomic E-state index is 5.52. The van der Waals surface area contributed by atoms with E-state index in [-0.39, 0.29) is 0 Å². The molecule has 2 heterocycles. The molecule has 1 aromatic carbocycles. The molecule has 2 N–H and O–H groups in total. The van der Waals surface area contributed by atoms with Crippen molar-refractivity contribution < 1.29 is 4.74 Å². The molecule has 29 heavy (non-hydrogen) atoms. The smallest absolute Gasteiger partial charge is 0.229 e. The number of hydrogen-bond acceptors (Lipinski definition) is 6. The summed E-state index contributed by atoms with van der Waals surface area (Å²) in [4.78, 5) is 11.4. The van der Waals surface area contributed by atoms with Crippen LogP contribution in [0, 0.1) is 0 Å². The lowest BCUT2D eigenvalue weighted by Crippen LogP contribution is -2.26. The van der Waals surface area contributed by atoms with E-state index in [2.05, 4.69) is 80.1 Å². The predicted octanol–water partition coefficient (Wildman–Crippen LogP) is 5.14. The van der Waals surface area contributed by atoms with E-state index in [1.54, 1.807) is 6.20 Å². The van der Waals surface area contributed by atoms with Crippen LogP contribution in [0.3, 0.4) is 0 Å². The van der Waals surface area contributed by atoms with Crippen LogP contribution in [0.1, 0.15) is 38.2 Å². The van der Waals surface area contributed by atoms with Gasteiger partial charge in [-0.1, -0.05) is 38.6 Å². The topological polar surface area (TPSA) is 62.3 Å². The zero-order chi connectivity index (χ0) is 20.6. The van der Waals surface area contributed by atoms with E-state index in [0.717, 1.165) is 61.7 Å². The highest BCUT2D eigenvalue weighted by Crippen LogP contribution is 2.27. The summed E-state index contributed by atoms with van der Waals surface area (Å²) < 4.78 is 6.38. The number of benzene rings is 1. The van der Waals surface area contributed by atoms with Crippen molar-refractivity contribution in [2.45, 2.75) is 32.6 Å². The summed E-state index contributed by atoms with van der Waals surface area (Å²) in [5.74, 6) is 1.80. The summed E-state index contributed by atoms with van der Waals surface area (Å²) >= 11 is 3.55. The van der Waals surface area contributed by atoms with Crippen LogP contribution in [0.15, 0.2) is 47.2 Å². The number of nitrogens with zero attached hydrogens (tertiary/aromatic N) is 3. The van der Waals surface area contributed by atoms with E-state index in [4.69, 9.17) is 4.74 Å². The Balaban J connectivity index is 1.57. The second-order valence-electron chi connectivity index (χ2n) is 7.45. The second-order valence-corrected chi connectivity index (χ2v) is 8.31. The molecule has 1 fully saturated rings. The van der Waals surface area contributed by atoms with Crippen molar-refractivity contribution in [2.75, 3.05) is 43.5 Å². The molecule has 7 heteroatoms. The molecule has 0 amide bonds. The van der Waals surface area contributed by atoms with Crippen LogP contribution in [-0.4, -0.2) is 47.7 Å². The highest BCUT2D eigenvalue weighted by atomic mass is 79.9. The van der Waals surface area contributed by atoms with Crippen molar-refractivity contribution in [3.63, 3.8) is 0 Å². The molecule has 0 radical (unpaired) electrons. The molecule has 0 atom stereocenters. The van der Waals surface area contributed by atoms with E-state index >= 15 is 0 Å². The largest absolute Gasteiger partial charge is 0.379 e. The number of para-hydroxylation sites is 1. The van der Waals surface area contributed by atoms with Crippen molar-refractivity contribution >= 4 is 33.4 Å². The fraction of sp³-hybridized carbons (Fsp3) is 0.455. The van der Waals surface area contributed by atoms with E-state index in [9.17, 15) is 0 Å². The van der Waals surface area contributed by atoms with Gasteiger partial charge >= 0.3 is 0 Å². The molecule has 6 nitrogen and oxygen atoms in total. The first-order valence-corrected chi connectivity index (χ1v) is 11.0. The quantitative estimate of drug-likeness (QED) is 0.532. The van der Waals surface area contributed by atoms with Crippen molar-refractivity contribution in [1.29, 1.82) is 0 Å². The van der Waals surface area contributed by atoms with Crippen molar-refractivity contribution in [3.8, 4) is 0 Å². The maximum absolute atomic E-state index is 5.52. The Hall–Kier alpha value is -2.12. The van der Waals surface area contributed by atoms with Gasteiger partial charge in [-0.2, -0.15) is 4.98 Å². The Labute approximate surface area is 181 Å². The highest BCUT2D eigenvalue weighted by Gasteiger charge is 2.12. The van der Waals surface area contributed by atoms with Crippen LogP contribution < -0.4 is 10.6 Å². The van der Waals surface area contributed by atoms with Gasteiger partial charge in [0.25, 0.3) is 0 Å². The van der Waals surface area contributed by atoms with Crippen LogP contribution in [-0.2, 0) is 4.74 Å². The molecule has 1 saturated heterocycles. The minimum absolute atomic E-state index is 0.422. The van der Waals surface area contributed by atoms with Gasteiger partial charge < -0.3 is 20.3 Å². The molecule has 0 bridgehead atoms. The van der Waals surface area contributed by atoms with Gasteiger partial charge in [-0.3, -0.25) is 0 Å². The number of nitrogens with one attached hydrogen (secondary N) is 2. The average molecular weight is 460 g/mol. The molecule has 156 valence electrons. The first kappa shape index (κ1) is 21.6. The first-order chi connectivity index (χ1) is 14.0. The number of anilines is 3. The van der Waals surface area contributed by atoms with Gasteiger partial charge in [-0.05, 0) is 39.9 Å². The molecule has 1 aliphatic heterocycles. The summed E-state index contributed by atoms with van der Waals surface area (Å²) in [6.45, 7) is 12.8. The Kier molecular flexibility index (Phi) is 7.89. The summed E-state index contributed by atoms with van der Waals surface area (Å²) in [5.41, 5.74) is 3.45. The summed E-state index contributed by atoms with van der Waals surface area (Å²) in [5, 5.41) is 6.78. The normalized spacial score (nSPS) is 14.8. The number of hydrogen-bond donors (Lipinski definition) is 2. The SMILES string of the molecule is C=C1CCOCCN1CCCNc1nc(Nc2ccccc2C(C)C)ncc1Br. The van der Waals surface area contributed by atoms with Gasteiger partial charge in [-0.25, -0.2) is 4.98 Å². The Morgan fingerprint density at radius 1 is 1.28 bits per heavy atom. The third-order valence-electron chi connectivity index (χ3n) is 4.96. The molecule has 0 spiro atoms. The molecule has 3 rings (SSSR count). The minimum Gasteiger partial charge on any atom is -0.379 e. The van der Waals surface area contributed by atoms with Gasteiger partial charge in [0.15, 0.2) is 0 Å². The third-order valence-corrected chi connectivity index (χ3v) is 5.54. The van der Waals surface area contributed by atoms with Crippen molar-refractivity contribution in [1.82, 2.24) is 14.9 Å². The lowest BCUT2D eigenvalue weighted by atomic mass is 10.0. The summed E-state index contributed by atoms with van der Waals surface area (Å²) in [7, 11) is 0. The van der Waals surface area contributed by atoms with E-state index in [1.165, 1.54) is 11.3 Å². The van der Waals surface area contributed by atoms with Gasteiger partial charge in [0, 0.05) is 43.6 Å². The summed E-state index contributed by atoms with van der Waals surface area (Å²) in [6.07, 6.45) is 3.69. The lowest BCUT2D eigenvalue weighted by Gasteiger charge is -2.24. The molecule has 0 aliphatic carbocycles. The number of halogens is 1. The third kappa shape index (κ3) is 6.18. The van der Waals surface area contributed by atoms with Gasteiger partial charge in [-0.15, -0.1) is 0 Å². The number of aromatic nitrogens is 2. The van der Waals surface area contributed by atoms with Crippen LogP contribution in [0.2, 0.25) is 0 Å². The molecular weight excluding hydrogens is 430 g/mol. The highest BCUT2D eigenvalue weighted by molar-refractivity contribution is 9.10. The Bertz CT molecular complexity index is 827. The monoisotopic (exact) mass is 459 g/mol. The lowest BCUT2D eigenvalue weighted by molar-refractivity contribution is 0.141. The fourth-order valence-electron chi connectivity index (χ4n) is 3.32. The van der Waals surface area contributed by atoms with Crippen LogP contribution >= 0.6 is 15.9 Å². The van der Waals surface area contributed by atoms with E-state index < -0.39 is 0 Å². The Morgan fingerprint density at radius 2 is 2.10 bits per heavy atom. The predicted molar refractivity (Wildman–Crippen MR) is 123 cm³/mol. The first-order valence-electron chi connectivity index (χ1n) is 10.2. The Morgan fingerprint density at radius 3 is 2.93 bits per heavy atom. The van der Waals surface area contributed by atoms with Crippen molar-refractivity contribution in [2.24, 2.45) is 0 Å².